The third-order valence-electron chi connectivity index (χ3n) is 5.22. The van der Waals surface area contributed by atoms with Gasteiger partial charge in [-0.15, -0.1) is 0 Å². The first-order valence-corrected chi connectivity index (χ1v) is 12.6. The topological polar surface area (TPSA) is 107 Å². The monoisotopic (exact) mass is 511 g/mol. The van der Waals surface area contributed by atoms with E-state index in [1.54, 1.807) is 31.2 Å². The van der Waals surface area contributed by atoms with E-state index >= 15 is 0 Å². The van der Waals surface area contributed by atoms with Crippen LogP contribution < -0.4 is 23.9 Å². The van der Waals surface area contributed by atoms with Gasteiger partial charge in [-0.05, 0) is 80.1 Å². The van der Waals surface area contributed by atoms with Crippen LogP contribution in [0, 0.1) is 0 Å². The number of rotatable bonds is 11. The van der Waals surface area contributed by atoms with Crippen LogP contribution in [0.1, 0.15) is 19.4 Å². The van der Waals surface area contributed by atoms with Crippen molar-refractivity contribution >= 4 is 27.3 Å². The van der Waals surface area contributed by atoms with Crippen molar-refractivity contribution in [2.45, 2.75) is 18.7 Å². The van der Waals surface area contributed by atoms with Gasteiger partial charge in [0.2, 0.25) is 0 Å². The summed E-state index contributed by atoms with van der Waals surface area (Å²) in [5.74, 6) is 0.920. The van der Waals surface area contributed by atoms with Crippen molar-refractivity contribution in [1.29, 1.82) is 0 Å². The van der Waals surface area contributed by atoms with Gasteiger partial charge in [0.15, 0.2) is 0 Å². The number of anilines is 1. The van der Waals surface area contributed by atoms with Crippen LogP contribution in [0.5, 0.6) is 17.2 Å². The second-order valence-electron chi connectivity index (χ2n) is 7.55. The Morgan fingerprint density at radius 2 is 1.56 bits per heavy atom. The van der Waals surface area contributed by atoms with E-state index in [-0.39, 0.29) is 10.6 Å². The Hall–Kier alpha value is -4.05. The molecule has 0 aliphatic heterocycles. The fraction of sp³-hybridized carbons (Fsp3) is 0.231. The van der Waals surface area contributed by atoms with Crippen molar-refractivity contribution in [3.05, 3.63) is 78.4 Å². The van der Waals surface area contributed by atoms with Gasteiger partial charge in [0.1, 0.15) is 23.8 Å². The quantitative estimate of drug-likeness (QED) is 0.310. The van der Waals surface area contributed by atoms with E-state index in [4.69, 9.17) is 14.2 Å². The number of hydrogen-bond donors (Lipinski definition) is 1. The van der Waals surface area contributed by atoms with E-state index in [2.05, 4.69) is 10.5 Å². The van der Waals surface area contributed by atoms with Crippen molar-refractivity contribution in [3.63, 3.8) is 0 Å². The zero-order valence-electron chi connectivity index (χ0n) is 20.6. The molecule has 1 amide bonds. The van der Waals surface area contributed by atoms with Crippen molar-refractivity contribution in [1.82, 2.24) is 5.43 Å². The molecule has 0 aliphatic rings. The Bertz CT molecular complexity index is 1310. The van der Waals surface area contributed by atoms with E-state index in [0.29, 0.717) is 23.8 Å². The third kappa shape index (κ3) is 6.33. The highest BCUT2D eigenvalue weighted by Gasteiger charge is 2.29. The van der Waals surface area contributed by atoms with Crippen LogP contribution in [-0.2, 0) is 14.8 Å². The maximum Gasteiger partial charge on any atom is 0.264 e. The number of ether oxygens (including phenoxy) is 3. The standard InChI is InChI=1S/C26H29N3O6S/c1-5-35-22-12-10-20(11-13-22)19(2)27-28-26(30)18-29(24-8-6-7-9-25(24)34-4)36(31,32)23-16-14-21(33-3)15-17-23/h6-17H,5,18H2,1-4H3,(H,28,30)/b27-19-. The van der Waals surface area contributed by atoms with Gasteiger partial charge in [-0.3, -0.25) is 9.10 Å². The Labute approximate surface area is 211 Å². The number of hydrogen-bond acceptors (Lipinski definition) is 7. The number of para-hydroxylation sites is 2. The van der Waals surface area contributed by atoms with Crippen LogP contribution in [-0.4, -0.2) is 47.4 Å². The molecule has 10 heteroatoms. The number of sulfonamides is 1. The minimum Gasteiger partial charge on any atom is -0.497 e. The molecule has 0 aliphatic carbocycles. The first kappa shape index (κ1) is 26.6. The average molecular weight is 512 g/mol. The van der Waals surface area contributed by atoms with Crippen LogP contribution >= 0.6 is 0 Å². The summed E-state index contributed by atoms with van der Waals surface area (Å²) in [5.41, 5.74) is 4.00. The molecule has 36 heavy (non-hydrogen) atoms. The Balaban J connectivity index is 1.87. The van der Waals surface area contributed by atoms with E-state index < -0.39 is 22.5 Å². The van der Waals surface area contributed by atoms with Gasteiger partial charge in [0.25, 0.3) is 15.9 Å². The fourth-order valence-electron chi connectivity index (χ4n) is 3.35. The molecule has 0 saturated heterocycles. The van der Waals surface area contributed by atoms with Gasteiger partial charge in [0, 0.05) is 0 Å². The Kier molecular flexibility index (Phi) is 8.91. The van der Waals surface area contributed by atoms with Crippen LogP contribution in [0.2, 0.25) is 0 Å². The first-order valence-electron chi connectivity index (χ1n) is 11.2. The fourth-order valence-corrected chi connectivity index (χ4v) is 4.78. The lowest BCUT2D eigenvalue weighted by molar-refractivity contribution is -0.119. The lowest BCUT2D eigenvalue weighted by Crippen LogP contribution is -2.40. The molecule has 3 aromatic carbocycles. The molecule has 190 valence electrons. The SMILES string of the molecule is CCOc1ccc(/C(C)=N\NC(=O)CN(c2ccccc2OC)S(=O)(=O)c2ccc(OC)cc2)cc1. The van der Waals surface area contributed by atoms with Gasteiger partial charge in [-0.25, -0.2) is 13.8 Å². The zero-order valence-corrected chi connectivity index (χ0v) is 21.4. The molecule has 9 nitrogen and oxygen atoms in total. The average Bonchev–Trinajstić information content (AvgIpc) is 2.91. The Morgan fingerprint density at radius 3 is 2.17 bits per heavy atom. The smallest absolute Gasteiger partial charge is 0.264 e. The lowest BCUT2D eigenvalue weighted by Gasteiger charge is -2.25. The summed E-state index contributed by atoms with van der Waals surface area (Å²) in [6, 6.07) is 19.8. The number of nitrogens with one attached hydrogen (secondary N) is 1. The summed E-state index contributed by atoms with van der Waals surface area (Å²) < 4.78 is 44.1. The molecule has 0 bridgehead atoms. The van der Waals surface area contributed by atoms with Crippen molar-refractivity contribution in [3.8, 4) is 17.2 Å². The van der Waals surface area contributed by atoms with Gasteiger partial charge in [-0.2, -0.15) is 5.10 Å². The zero-order chi connectivity index (χ0) is 26.1. The molecule has 0 aromatic heterocycles. The van der Waals surface area contributed by atoms with Crippen LogP contribution in [0.15, 0.2) is 82.8 Å². The third-order valence-corrected chi connectivity index (χ3v) is 6.99. The van der Waals surface area contributed by atoms with E-state index in [1.165, 1.54) is 38.5 Å². The molecule has 0 fully saturated rings. The summed E-state index contributed by atoms with van der Waals surface area (Å²) in [6.07, 6.45) is 0. The van der Waals surface area contributed by atoms with Crippen LogP contribution in [0.4, 0.5) is 5.69 Å². The van der Waals surface area contributed by atoms with E-state index in [9.17, 15) is 13.2 Å². The highest BCUT2D eigenvalue weighted by molar-refractivity contribution is 7.92. The van der Waals surface area contributed by atoms with Gasteiger partial charge < -0.3 is 14.2 Å². The molecule has 3 aromatic rings. The van der Waals surface area contributed by atoms with Gasteiger partial charge in [0.05, 0.1) is 37.1 Å². The second-order valence-corrected chi connectivity index (χ2v) is 9.41. The number of nitrogens with zero attached hydrogens (tertiary/aromatic N) is 2. The molecule has 0 atom stereocenters. The lowest BCUT2D eigenvalue weighted by atomic mass is 10.1. The molecular formula is C26H29N3O6S. The summed E-state index contributed by atoms with van der Waals surface area (Å²) in [4.78, 5) is 12.9. The highest BCUT2D eigenvalue weighted by Crippen LogP contribution is 2.32. The summed E-state index contributed by atoms with van der Waals surface area (Å²) in [5, 5.41) is 4.14. The van der Waals surface area contributed by atoms with E-state index in [0.717, 1.165) is 15.6 Å². The number of benzene rings is 3. The molecule has 3 rings (SSSR count). The molecule has 0 spiro atoms. The molecule has 1 N–H and O–H groups in total. The number of hydrazone groups is 1. The predicted molar refractivity (Wildman–Crippen MR) is 138 cm³/mol. The van der Waals surface area contributed by atoms with E-state index in [1.807, 2.05) is 31.2 Å². The van der Waals surface area contributed by atoms with Crippen molar-refractivity contribution in [2.75, 3.05) is 31.7 Å². The largest absolute Gasteiger partial charge is 0.497 e. The number of methoxy groups -OCH3 is 2. The summed E-state index contributed by atoms with van der Waals surface area (Å²) in [7, 11) is -1.21. The summed E-state index contributed by atoms with van der Waals surface area (Å²) in [6.45, 7) is 3.68. The summed E-state index contributed by atoms with van der Waals surface area (Å²) >= 11 is 0. The predicted octanol–water partition coefficient (Wildman–Crippen LogP) is 3.84. The Morgan fingerprint density at radius 1 is 0.917 bits per heavy atom. The van der Waals surface area contributed by atoms with Gasteiger partial charge >= 0.3 is 0 Å². The number of amides is 1. The molecule has 0 radical (unpaired) electrons. The van der Waals surface area contributed by atoms with Crippen LogP contribution in [0.25, 0.3) is 0 Å². The molecule has 0 unspecified atom stereocenters. The normalized spacial score (nSPS) is 11.5. The number of carbonyl (C=O) groups is 1. The van der Waals surface area contributed by atoms with Crippen LogP contribution in [0.3, 0.4) is 0 Å². The maximum atomic E-state index is 13.6. The number of carbonyl (C=O) groups excluding carboxylic acids is 1. The van der Waals surface area contributed by atoms with Crippen molar-refractivity contribution < 1.29 is 27.4 Å². The molecule has 0 saturated carbocycles. The van der Waals surface area contributed by atoms with Crippen molar-refractivity contribution in [2.24, 2.45) is 5.10 Å². The minimum absolute atomic E-state index is 0.00363. The minimum atomic E-state index is -4.13. The molecular weight excluding hydrogens is 482 g/mol. The second kappa shape index (κ2) is 12.1. The molecule has 0 heterocycles. The first-order chi connectivity index (χ1) is 17.3. The maximum absolute atomic E-state index is 13.6. The van der Waals surface area contributed by atoms with Gasteiger partial charge in [-0.1, -0.05) is 12.1 Å². The highest BCUT2D eigenvalue weighted by atomic mass is 32.2.